The van der Waals surface area contributed by atoms with Crippen molar-refractivity contribution < 1.29 is 9.13 Å². The van der Waals surface area contributed by atoms with Crippen LogP contribution in [0.1, 0.15) is 41.7 Å². The molecular formula is C21H27ClFNO. The topological polar surface area (TPSA) is 12.5 Å². The number of hydrogen-bond acceptors (Lipinski definition) is 2. The number of hydrogen-bond donors (Lipinski definition) is 0. The van der Waals surface area contributed by atoms with E-state index in [0.29, 0.717) is 12.6 Å². The van der Waals surface area contributed by atoms with Crippen molar-refractivity contribution in [2.24, 2.45) is 0 Å². The fourth-order valence-electron chi connectivity index (χ4n) is 3.65. The summed E-state index contributed by atoms with van der Waals surface area (Å²) < 4.78 is 19.4. The number of fused-ring (bicyclic) bond motifs is 1. The Bertz CT molecular complexity index is 687. The quantitative estimate of drug-likeness (QED) is 0.757. The maximum absolute atomic E-state index is 13.3. The van der Waals surface area contributed by atoms with Crippen molar-refractivity contribution in [3.05, 3.63) is 70.5 Å². The summed E-state index contributed by atoms with van der Waals surface area (Å²) in [5, 5.41) is 0. The molecule has 0 spiro atoms. The van der Waals surface area contributed by atoms with Crippen LogP contribution >= 0.6 is 12.4 Å². The first-order valence-electron chi connectivity index (χ1n) is 8.74. The van der Waals surface area contributed by atoms with Crippen LogP contribution in [0.4, 0.5) is 4.39 Å². The van der Waals surface area contributed by atoms with Crippen LogP contribution in [0, 0.1) is 5.82 Å². The minimum atomic E-state index is -0.211. The first-order valence-corrected chi connectivity index (χ1v) is 8.74. The number of likely N-dealkylation sites (N-methyl/N-ethyl adjacent to an activating group) is 1. The molecule has 1 unspecified atom stereocenters. The molecule has 0 saturated carbocycles. The molecule has 0 amide bonds. The molecule has 0 aliphatic heterocycles. The molecule has 0 heterocycles. The van der Waals surface area contributed by atoms with Crippen LogP contribution in [0.25, 0.3) is 0 Å². The number of halogens is 2. The van der Waals surface area contributed by atoms with Crippen molar-refractivity contribution in [2.75, 3.05) is 20.7 Å². The minimum absolute atomic E-state index is 0. The molecule has 2 nitrogen and oxygen atoms in total. The second-order valence-corrected chi connectivity index (χ2v) is 6.73. The van der Waals surface area contributed by atoms with Crippen molar-refractivity contribution in [3.63, 3.8) is 0 Å². The lowest BCUT2D eigenvalue weighted by atomic mass is 9.82. The van der Waals surface area contributed by atoms with Crippen LogP contribution < -0.4 is 0 Å². The lowest BCUT2D eigenvalue weighted by Gasteiger charge is -2.32. The third-order valence-corrected chi connectivity index (χ3v) is 5.01. The van der Waals surface area contributed by atoms with E-state index in [-0.39, 0.29) is 24.3 Å². The standard InChI is InChI=1S/C21H26FNO.ClH/c1-4-24-21(16-8-11-17(22)12-9-16)19-7-5-6-15-10-13-18(23(2)3)14-20(15)19;/h5-9,11-12,18,21H,4,10,13-14H2,1-3H3;1H/t18?,21-;/m1./s1. The molecular weight excluding hydrogens is 337 g/mol. The third-order valence-electron chi connectivity index (χ3n) is 5.01. The molecule has 1 aliphatic rings. The predicted molar refractivity (Wildman–Crippen MR) is 103 cm³/mol. The molecule has 0 aromatic heterocycles. The summed E-state index contributed by atoms with van der Waals surface area (Å²) in [4.78, 5) is 2.31. The first kappa shape index (κ1) is 19.9. The van der Waals surface area contributed by atoms with Gasteiger partial charge in [-0.2, -0.15) is 0 Å². The highest BCUT2D eigenvalue weighted by Crippen LogP contribution is 2.34. The van der Waals surface area contributed by atoms with E-state index in [0.717, 1.165) is 18.4 Å². The van der Waals surface area contributed by atoms with Gasteiger partial charge < -0.3 is 9.64 Å². The van der Waals surface area contributed by atoms with Gasteiger partial charge in [0.25, 0.3) is 0 Å². The average molecular weight is 364 g/mol. The van der Waals surface area contributed by atoms with Crippen molar-refractivity contribution in [1.29, 1.82) is 0 Å². The van der Waals surface area contributed by atoms with Crippen LogP contribution in [-0.4, -0.2) is 31.6 Å². The van der Waals surface area contributed by atoms with E-state index in [1.54, 1.807) is 0 Å². The SMILES string of the molecule is CCO[C@H](c1ccc(F)cc1)c1cccc2c1CC(N(C)C)CC2.Cl. The van der Waals surface area contributed by atoms with Gasteiger partial charge in [-0.25, -0.2) is 4.39 Å². The molecule has 0 fully saturated rings. The van der Waals surface area contributed by atoms with Crippen molar-refractivity contribution in [3.8, 4) is 0 Å². The van der Waals surface area contributed by atoms with Crippen LogP contribution in [0.2, 0.25) is 0 Å². The molecule has 0 N–H and O–H groups in total. The van der Waals surface area contributed by atoms with E-state index in [4.69, 9.17) is 4.74 Å². The van der Waals surface area contributed by atoms with Gasteiger partial charge in [-0.3, -0.25) is 0 Å². The van der Waals surface area contributed by atoms with Gasteiger partial charge in [-0.05, 0) is 74.7 Å². The van der Waals surface area contributed by atoms with Gasteiger partial charge in [-0.15, -0.1) is 12.4 Å². The van der Waals surface area contributed by atoms with Crippen LogP contribution in [0.15, 0.2) is 42.5 Å². The predicted octanol–water partition coefficient (Wildman–Crippen LogP) is 4.79. The summed E-state index contributed by atoms with van der Waals surface area (Å²) in [6, 6.07) is 13.8. The molecule has 2 aromatic carbocycles. The fourth-order valence-corrected chi connectivity index (χ4v) is 3.65. The van der Waals surface area contributed by atoms with Crippen LogP contribution in [0.5, 0.6) is 0 Å². The maximum Gasteiger partial charge on any atom is 0.123 e. The monoisotopic (exact) mass is 363 g/mol. The fraction of sp³-hybridized carbons (Fsp3) is 0.429. The van der Waals surface area contributed by atoms with E-state index in [1.165, 1.54) is 35.2 Å². The molecule has 4 heteroatoms. The molecule has 3 rings (SSSR count). The van der Waals surface area contributed by atoms with Gasteiger partial charge in [0.15, 0.2) is 0 Å². The summed E-state index contributed by atoms with van der Waals surface area (Å²) in [6.45, 7) is 2.64. The lowest BCUT2D eigenvalue weighted by Crippen LogP contribution is -2.34. The van der Waals surface area contributed by atoms with E-state index in [2.05, 4.69) is 37.2 Å². The van der Waals surface area contributed by atoms with Crippen molar-refractivity contribution >= 4 is 12.4 Å². The highest BCUT2D eigenvalue weighted by molar-refractivity contribution is 5.85. The second-order valence-electron chi connectivity index (χ2n) is 6.73. The van der Waals surface area contributed by atoms with Gasteiger partial charge >= 0.3 is 0 Å². The molecule has 0 radical (unpaired) electrons. The van der Waals surface area contributed by atoms with E-state index in [9.17, 15) is 4.39 Å². The zero-order valence-electron chi connectivity index (χ0n) is 15.2. The van der Waals surface area contributed by atoms with Crippen molar-refractivity contribution in [1.82, 2.24) is 4.90 Å². The molecule has 0 bridgehead atoms. The van der Waals surface area contributed by atoms with E-state index < -0.39 is 0 Å². The smallest absolute Gasteiger partial charge is 0.123 e. The Balaban J connectivity index is 0.00000225. The Kier molecular flexibility index (Phi) is 7.00. The van der Waals surface area contributed by atoms with Gasteiger partial charge in [-0.1, -0.05) is 30.3 Å². The Morgan fingerprint density at radius 1 is 1.16 bits per heavy atom. The Hall–Kier alpha value is -1.42. The number of benzene rings is 2. The summed E-state index contributed by atoms with van der Waals surface area (Å²) in [5.41, 5.74) is 5.08. The number of ether oxygens (including phenoxy) is 1. The molecule has 25 heavy (non-hydrogen) atoms. The summed E-state index contributed by atoms with van der Waals surface area (Å²) in [6.07, 6.45) is 3.21. The zero-order valence-corrected chi connectivity index (χ0v) is 16.0. The van der Waals surface area contributed by atoms with Gasteiger partial charge in [0.1, 0.15) is 11.9 Å². The number of rotatable bonds is 5. The molecule has 136 valence electrons. The minimum Gasteiger partial charge on any atom is -0.369 e. The third kappa shape index (κ3) is 4.41. The summed E-state index contributed by atoms with van der Waals surface area (Å²) in [7, 11) is 4.30. The largest absolute Gasteiger partial charge is 0.369 e. The number of nitrogens with zero attached hydrogens (tertiary/aromatic N) is 1. The van der Waals surface area contributed by atoms with Crippen LogP contribution in [-0.2, 0) is 17.6 Å². The molecule has 2 aromatic rings. The van der Waals surface area contributed by atoms with Crippen molar-refractivity contribution in [2.45, 2.75) is 38.3 Å². The van der Waals surface area contributed by atoms with E-state index >= 15 is 0 Å². The molecule has 1 aliphatic carbocycles. The Morgan fingerprint density at radius 3 is 2.52 bits per heavy atom. The zero-order chi connectivity index (χ0) is 17.1. The van der Waals surface area contributed by atoms with Gasteiger partial charge in [0, 0.05) is 12.6 Å². The lowest BCUT2D eigenvalue weighted by molar-refractivity contribution is 0.0901. The van der Waals surface area contributed by atoms with Gasteiger partial charge in [0.05, 0.1) is 0 Å². The maximum atomic E-state index is 13.3. The highest BCUT2D eigenvalue weighted by Gasteiger charge is 2.26. The Morgan fingerprint density at radius 2 is 1.88 bits per heavy atom. The number of aryl methyl sites for hydroxylation is 1. The molecule has 2 atom stereocenters. The summed E-state index contributed by atoms with van der Waals surface area (Å²) in [5.74, 6) is -0.211. The normalized spacial score (nSPS) is 17.7. The summed E-state index contributed by atoms with van der Waals surface area (Å²) >= 11 is 0. The average Bonchev–Trinajstić information content (AvgIpc) is 2.60. The first-order chi connectivity index (χ1) is 11.6. The molecule has 0 saturated heterocycles. The van der Waals surface area contributed by atoms with Crippen LogP contribution in [0.3, 0.4) is 0 Å². The van der Waals surface area contributed by atoms with E-state index in [1.807, 2.05) is 19.1 Å². The second kappa shape index (κ2) is 8.79. The Labute approximate surface area is 156 Å². The van der Waals surface area contributed by atoms with Gasteiger partial charge in [0.2, 0.25) is 0 Å². The highest BCUT2D eigenvalue weighted by atomic mass is 35.5.